The Morgan fingerprint density at radius 1 is 1.00 bits per heavy atom. The van der Waals surface area contributed by atoms with Gasteiger partial charge in [-0.3, -0.25) is 28.9 Å². The van der Waals surface area contributed by atoms with Gasteiger partial charge in [-0.1, -0.05) is 44.2 Å². The van der Waals surface area contributed by atoms with Crippen LogP contribution in [0.4, 0.5) is 11.4 Å². The van der Waals surface area contributed by atoms with Crippen molar-refractivity contribution in [1.82, 2.24) is 10.6 Å². The molecule has 11 nitrogen and oxygen atoms in total. The zero-order valence-corrected chi connectivity index (χ0v) is 21.1. The Bertz CT molecular complexity index is 1210. The van der Waals surface area contributed by atoms with Gasteiger partial charge in [-0.15, -0.1) is 0 Å². The van der Waals surface area contributed by atoms with Crippen LogP contribution >= 0.6 is 0 Å². The fourth-order valence-electron chi connectivity index (χ4n) is 4.10. The summed E-state index contributed by atoms with van der Waals surface area (Å²) in [6.45, 7) is 3.05. The molecule has 0 spiro atoms. The fourth-order valence-corrected chi connectivity index (χ4v) is 4.10. The van der Waals surface area contributed by atoms with Gasteiger partial charge in [-0.2, -0.15) is 0 Å². The summed E-state index contributed by atoms with van der Waals surface area (Å²) in [5.74, 6) is -3.45. The van der Waals surface area contributed by atoms with Crippen LogP contribution in [0.5, 0.6) is 0 Å². The van der Waals surface area contributed by atoms with Crippen LogP contribution in [0, 0.1) is 5.92 Å². The number of hydrogen-bond donors (Lipinski definition) is 3. The normalized spacial score (nSPS) is 15.8. The van der Waals surface area contributed by atoms with Crippen molar-refractivity contribution in [2.45, 2.75) is 38.8 Å². The summed E-state index contributed by atoms with van der Waals surface area (Å²) in [5.41, 5.74) is 0.962. The maximum Gasteiger partial charge on any atom is 0.305 e. The molecule has 1 aliphatic rings. The minimum atomic E-state index is -1.28. The molecule has 2 atom stereocenters. The Morgan fingerprint density at radius 2 is 1.63 bits per heavy atom. The number of carbonyl (C=O) groups is 6. The van der Waals surface area contributed by atoms with E-state index in [0.29, 0.717) is 17.5 Å². The first-order valence-corrected chi connectivity index (χ1v) is 12.1. The number of rotatable bonds is 10. The Morgan fingerprint density at radius 3 is 2.24 bits per heavy atom. The Hall–Kier alpha value is -4.54. The topological polar surface area (TPSA) is 153 Å². The molecule has 2 aromatic carbocycles. The third-order valence-corrected chi connectivity index (χ3v) is 5.82. The van der Waals surface area contributed by atoms with Crippen LogP contribution in [-0.2, 0) is 24.0 Å². The van der Waals surface area contributed by atoms with Gasteiger partial charge < -0.3 is 25.4 Å². The minimum absolute atomic E-state index is 0.0300. The third kappa shape index (κ3) is 7.02. The number of benzene rings is 2. The highest BCUT2D eigenvalue weighted by Gasteiger charge is 2.38. The van der Waals surface area contributed by atoms with E-state index in [1.54, 1.807) is 54.6 Å². The van der Waals surface area contributed by atoms with Crippen LogP contribution in [0.1, 0.15) is 37.0 Å². The van der Waals surface area contributed by atoms with Crippen molar-refractivity contribution < 1.29 is 33.9 Å². The van der Waals surface area contributed by atoms with E-state index in [9.17, 15) is 28.8 Å². The van der Waals surface area contributed by atoms with Gasteiger partial charge in [-0.25, -0.2) is 0 Å². The summed E-state index contributed by atoms with van der Waals surface area (Å²) in [6, 6.07) is 12.3. The van der Waals surface area contributed by atoms with E-state index in [0.717, 1.165) is 4.90 Å². The molecule has 0 bridgehead atoms. The molecule has 1 unspecified atom stereocenters. The molecule has 2 aromatic rings. The predicted octanol–water partition coefficient (Wildman–Crippen LogP) is 1.37. The number of aliphatic carboxylic acids is 1. The monoisotopic (exact) mass is 522 g/mol. The van der Waals surface area contributed by atoms with Crippen LogP contribution in [0.15, 0.2) is 54.6 Å². The maximum absolute atomic E-state index is 13.8. The fraction of sp³-hybridized carbons (Fsp3) is 0.333. The Labute approximate surface area is 219 Å². The number of nitrogens with zero attached hydrogens (tertiary/aromatic N) is 2. The number of para-hydroxylation sites is 2. The van der Waals surface area contributed by atoms with Gasteiger partial charge in [0.05, 0.1) is 30.4 Å². The lowest BCUT2D eigenvalue weighted by molar-refractivity contribution is -0.139. The Kier molecular flexibility index (Phi) is 9.31. The van der Waals surface area contributed by atoms with Crippen molar-refractivity contribution in [3.05, 3.63) is 60.2 Å². The molecule has 0 radical (unpaired) electrons. The Balaban J connectivity index is 1.98. The van der Waals surface area contributed by atoms with E-state index in [1.807, 2.05) is 13.8 Å². The number of hydrogen-bond acceptors (Lipinski definition) is 6. The first-order chi connectivity index (χ1) is 18.1. The van der Waals surface area contributed by atoms with Crippen molar-refractivity contribution in [2.75, 3.05) is 22.9 Å². The summed E-state index contributed by atoms with van der Waals surface area (Å²) in [4.78, 5) is 77.6. The largest absolute Gasteiger partial charge is 0.481 e. The highest BCUT2D eigenvalue weighted by atomic mass is 16.4. The molecule has 1 heterocycles. The van der Waals surface area contributed by atoms with Crippen molar-refractivity contribution >= 4 is 47.3 Å². The van der Waals surface area contributed by atoms with Gasteiger partial charge in [0.1, 0.15) is 18.9 Å². The van der Waals surface area contributed by atoms with Crippen LogP contribution in [-0.4, -0.2) is 66.2 Å². The van der Waals surface area contributed by atoms with Crippen molar-refractivity contribution in [1.29, 1.82) is 0 Å². The van der Waals surface area contributed by atoms with E-state index >= 15 is 0 Å². The van der Waals surface area contributed by atoms with Gasteiger partial charge in [0.25, 0.3) is 11.8 Å². The van der Waals surface area contributed by atoms with E-state index in [4.69, 9.17) is 5.11 Å². The van der Waals surface area contributed by atoms with Crippen LogP contribution in [0.25, 0.3) is 0 Å². The van der Waals surface area contributed by atoms with Gasteiger partial charge in [0.15, 0.2) is 0 Å². The molecule has 3 rings (SSSR count). The molecular formula is C27H30N4O7. The standard InChI is InChI=1S/C27H30N4O7/c1-17(2)12-24(34)30-14-20(29-26(37)18-8-4-3-5-9-18)27(38)31(22-11-7-6-10-21(22)30)15-23(33)28-19(16-32)13-25(35)36/h3-11,16-17,19-20H,12-15H2,1-2H3,(H,28,33)(H,29,37)(H,35,36)/t19-,20?/m0/s1. The quantitative estimate of drug-likeness (QED) is 0.398. The van der Waals surface area contributed by atoms with Gasteiger partial charge in [0.2, 0.25) is 11.8 Å². The number of anilines is 2. The van der Waals surface area contributed by atoms with Crippen molar-refractivity contribution in [3.63, 3.8) is 0 Å². The first kappa shape index (κ1) is 28.0. The lowest BCUT2D eigenvalue weighted by Gasteiger charge is -2.26. The number of carboxylic acids is 1. The molecule has 4 amide bonds. The summed E-state index contributed by atoms with van der Waals surface area (Å²) in [7, 11) is 0. The average Bonchev–Trinajstić information content (AvgIpc) is 2.98. The van der Waals surface area contributed by atoms with Crippen molar-refractivity contribution in [2.24, 2.45) is 5.92 Å². The highest BCUT2D eigenvalue weighted by Crippen LogP contribution is 2.33. The molecule has 3 N–H and O–H groups in total. The second-order valence-electron chi connectivity index (χ2n) is 9.32. The number of aldehydes is 1. The van der Waals surface area contributed by atoms with E-state index in [-0.39, 0.29) is 30.5 Å². The first-order valence-electron chi connectivity index (χ1n) is 12.1. The molecule has 11 heteroatoms. The van der Waals surface area contributed by atoms with E-state index < -0.39 is 48.7 Å². The van der Waals surface area contributed by atoms with Crippen molar-refractivity contribution in [3.8, 4) is 0 Å². The minimum Gasteiger partial charge on any atom is -0.481 e. The van der Waals surface area contributed by atoms with Crippen LogP contribution < -0.4 is 20.4 Å². The summed E-state index contributed by atoms with van der Waals surface area (Å²) < 4.78 is 0. The number of carboxylic acid groups (broad SMARTS) is 1. The molecule has 200 valence electrons. The zero-order chi connectivity index (χ0) is 27.8. The summed E-state index contributed by atoms with van der Waals surface area (Å²) >= 11 is 0. The number of nitrogens with one attached hydrogen (secondary N) is 2. The summed E-state index contributed by atoms with van der Waals surface area (Å²) in [6.07, 6.45) is -0.120. The second kappa shape index (κ2) is 12.6. The lowest BCUT2D eigenvalue weighted by atomic mass is 10.1. The van der Waals surface area contributed by atoms with Gasteiger partial charge >= 0.3 is 5.97 Å². The van der Waals surface area contributed by atoms with Gasteiger partial charge in [0, 0.05) is 12.0 Å². The molecule has 0 saturated heterocycles. The zero-order valence-electron chi connectivity index (χ0n) is 21.1. The molecule has 0 aliphatic carbocycles. The predicted molar refractivity (Wildman–Crippen MR) is 139 cm³/mol. The second-order valence-corrected chi connectivity index (χ2v) is 9.32. The SMILES string of the molecule is CC(C)CC(=O)N1CC(NC(=O)c2ccccc2)C(=O)N(CC(=O)N[C@H](C=O)CC(=O)O)c2ccccc21. The van der Waals surface area contributed by atoms with Crippen LogP contribution in [0.2, 0.25) is 0 Å². The van der Waals surface area contributed by atoms with E-state index in [1.165, 1.54) is 4.90 Å². The number of amides is 4. The average molecular weight is 523 g/mol. The molecule has 1 aliphatic heterocycles. The third-order valence-electron chi connectivity index (χ3n) is 5.82. The molecular weight excluding hydrogens is 492 g/mol. The van der Waals surface area contributed by atoms with Crippen LogP contribution in [0.3, 0.4) is 0 Å². The number of fused-ring (bicyclic) bond motifs is 1. The summed E-state index contributed by atoms with van der Waals surface area (Å²) in [5, 5.41) is 14.0. The van der Waals surface area contributed by atoms with Gasteiger partial charge in [-0.05, 0) is 30.2 Å². The maximum atomic E-state index is 13.8. The highest BCUT2D eigenvalue weighted by molar-refractivity contribution is 6.11. The smallest absolute Gasteiger partial charge is 0.305 e. The molecule has 0 saturated carbocycles. The lowest BCUT2D eigenvalue weighted by Crippen LogP contribution is -2.54. The number of carbonyl (C=O) groups excluding carboxylic acids is 5. The van der Waals surface area contributed by atoms with E-state index in [2.05, 4.69) is 10.6 Å². The molecule has 0 fully saturated rings. The molecule has 38 heavy (non-hydrogen) atoms. The molecule has 0 aromatic heterocycles.